The normalized spacial score (nSPS) is 11.5. The van der Waals surface area contributed by atoms with Crippen molar-refractivity contribution in [2.24, 2.45) is 0 Å². The van der Waals surface area contributed by atoms with Crippen molar-refractivity contribution in [3.05, 3.63) is 76.4 Å². The van der Waals surface area contributed by atoms with Gasteiger partial charge < -0.3 is 0 Å². The van der Waals surface area contributed by atoms with E-state index >= 15 is 0 Å². The van der Waals surface area contributed by atoms with Gasteiger partial charge in [-0.05, 0) is 55.2 Å². The Balaban J connectivity index is 1.72. The van der Waals surface area contributed by atoms with Crippen molar-refractivity contribution >= 4 is 27.4 Å². The van der Waals surface area contributed by atoms with Gasteiger partial charge in [0.15, 0.2) is 5.82 Å². The number of hydrogen-bond donors (Lipinski definition) is 1. The number of halogens is 1. The van der Waals surface area contributed by atoms with E-state index < -0.39 is 10.0 Å². The van der Waals surface area contributed by atoms with Gasteiger partial charge in [0.05, 0.1) is 11.4 Å². The Bertz CT molecular complexity index is 1030. The molecular formula is C21H24ClN3O2S. The third kappa shape index (κ3) is 5.14. The maximum absolute atomic E-state index is 12.7. The van der Waals surface area contributed by atoms with Gasteiger partial charge >= 0.3 is 0 Å². The third-order valence-electron chi connectivity index (χ3n) is 4.52. The van der Waals surface area contributed by atoms with Crippen molar-refractivity contribution < 1.29 is 8.42 Å². The fourth-order valence-corrected chi connectivity index (χ4v) is 4.01. The van der Waals surface area contributed by atoms with Gasteiger partial charge in [0.25, 0.3) is 10.0 Å². The topological polar surface area (TPSA) is 64.0 Å². The molecule has 3 aromatic rings. The molecule has 1 heterocycles. The summed E-state index contributed by atoms with van der Waals surface area (Å²) in [5, 5.41) is 5.07. The third-order valence-corrected chi connectivity index (χ3v) is 6.14. The van der Waals surface area contributed by atoms with Gasteiger partial charge in [-0.3, -0.25) is 9.40 Å². The number of anilines is 1. The van der Waals surface area contributed by atoms with Crippen LogP contribution in [0, 0.1) is 6.92 Å². The zero-order chi connectivity index (χ0) is 20.1. The first kappa shape index (κ1) is 20.4. The molecule has 0 spiro atoms. The van der Waals surface area contributed by atoms with Gasteiger partial charge in [0.2, 0.25) is 0 Å². The van der Waals surface area contributed by atoms with Gasteiger partial charge in [-0.15, -0.1) is 0 Å². The Morgan fingerprint density at radius 2 is 1.68 bits per heavy atom. The minimum atomic E-state index is -3.68. The molecule has 3 rings (SSSR count). The zero-order valence-electron chi connectivity index (χ0n) is 16.0. The predicted molar refractivity (Wildman–Crippen MR) is 113 cm³/mol. The SMILES string of the molecule is CCCCc1ccc(S(=O)(=O)Nc2cc(C)n(Cc3ccc(Cl)cc3)n2)cc1. The zero-order valence-corrected chi connectivity index (χ0v) is 17.6. The van der Waals surface area contributed by atoms with E-state index in [2.05, 4.69) is 16.7 Å². The summed E-state index contributed by atoms with van der Waals surface area (Å²) < 4.78 is 29.7. The highest BCUT2D eigenvalue weighted by atomic mass is 35.5. The molecule has 1 aromatic heterocycles. The molecule has 0 bridgehead atoms. The highest BCUT2D eigenvalue weighted by Crippen LogP contribution is 2.18. The van der Waals surface area contributed by atoms with Crippen LogP contribution in [0.15, 0.2) is 59.5 Å². The smallest absolute Gasteiger partial charge is 0.263 e. The number of sulfonamides is 1. The second kappa shape index (κ2) is 8.80. The lowest BCUT2D eigenvalue weighted by Crippen LogP contribution is -2.14. The summed E-state index contributed by atoms with van der Waals surface area (Å²) in [5.74, 6) is 0.307. The molecule has 0 atom stereocenters. The molecule has 1 N–H and O–H groups in total. The van der Waals surface area contributed by atoms with Crippen LogP contribution in [0.1, 0.15) is 36.6 Å². The second-order valence-corrected chi connectivity index (χ2v) is 8.93. The lowest BCUT2D eigenvalue weighted by Gasteiger charge is -2.07. The number of hydrogen-bond acceptors (Lipinski definition) is 3. The molecule has 0 saturated carbocycles. The first-order valence-electron chi connectivity index (χ1n) is 9.28. The van der Waals surface area contributed by atoms with Crippen molar-refractivity contribution in [3.63, 3.8) is 0 Å². The first-order chi connectivity index (χ1) is 13.4. The van der Waals surface area contributed by atoms with Crippen LogP contribution in [0.5, 0.6) is 0 Å². The second-order valence-electron chi connectivity index (χ2n) is 6.81. The summed E-state index contributed by atoms with van der Waals surface area (Å²) >= 11 is 5.92. The van der Waals surface area contributed by atoms with E-state index in [1.165, 1.54) is 0 Å². The lowest BCUT2D eigenvalue weighted by molar-refractivity contribution is 0.600. The van der Waals surface area contributed by atoms with Gasteiger partial charge in [-0.2, -0.15) is 5.10 Å². The molecule has 0 aliphatic rings. The van der Waals surface area contributed by atoms with Gasteiger partial charge in [-0.25, -0.2) is 8.42 Å². The van der Waals surface area contributed by atoms with E-state index in [4.69, 9.17) is 11.6 Å². The van der Waals surface area contributed by atoms with Crippen LogP contribution in [0.2, 0.25) is 5.02 Å². The fourth-order valence-electron chi connectivity index (χ4n) is 2.90. The Labute approximate surface area is 171 Å². The molecule has 0 saturated heterocycles. The minimum Gasteiger partial charge on any atom is -0.263 e. The predicted octanol–water partition coefficient (Wildman–Crippen LogP) is 5.04. The number of nitrogens with one attached hydrogen (secondary N) is 1. The van der Waals surface area contributed by atoms with Crippen LogP contribution < -0.4 is 4.72 Å². The molecule has 148 valence electrons. The van der Waals surface area contributed by atoms with Crippen molar-refractivity contribution in [3.8, 4) is 0 Å². The summed E-state index contributed by atoms with van der Waals surface area (Å²) in [6.45, 7) is 4.57. The monoisotopic (exact) mass is 417 g/mol. The van der Waals surface area contributed by atoms with E-state index in [1.54, 1.807) is 22.9 Å². The van der Waals surface area contributed by atoms with Gasteiger partial charge in [-0.1, -0.05) is 49.2 Å². The summed E-state index contributed by atoms with van der Waals surface area (Å²) in [6.07, 6.45) is 3.16. The maximum atomic E-state index is 12.7. The Kier molecular flexibility index (Phi) is 6.42. The molecular weight excluding hydrogens is 394 g/mol. The highest BCUT2D eigenvalue weighted by molar-refractivity contribution is 7.92. The van der Waals surface area contributed by atoms with Crippen LogP contribution in [0.25, 0.3) is 0 Å². The standard InChI is InChI=1S/C21H24ClN3O2S/c1-3-4-5-17-8-12-20(13-9-17)28(26,27)24-21-14-16(2)25(23-21)15-18-6-10-19(22)11-7-18/h6-14H,3-5,15H2,1-2H3,(H,23,24). The van der Waals surface area contributed by atoms with E-state index in [0.29, 0.717) is 17.4 Å². The summed E-state index contributed by atoms with van der Waals surface area (Å²) in [4.78, 5) is 0.234. The molecule has 0 unspecified atom stereocenters. The van der Waals surface area contributed by atoms with E-state index in [9.17, 15) is 8.42 Å². The van der Waals surface area contributed by atoms with Gasteiger partial charge in [0.1, 0.15) is 0 Å². The Morgan fingerprint density at radius 1 is 1.04 bits per heavy atom. The number of benzene rings is 2. The summed E-state index contributed by atoms with van der Waals surface area (Å²) in [7, 11) is -3.68. The van der Waals surface area contributed by atoms with Crippen molar-refractivity contribution in [2.75, 3.05) is 4.72 Å². The molecule has 0 radical (unpaired) electrons. The number of aryl methyl sites for hydroxylation is 2. The average molecular weight is 418 g/mol. The van der Waals surface area contributed by atoms with Crippen molar-refractivity contribution in [1.82, 2.24) is 9.78 Å². The van der Waals surface area contributed by atoms with Crippen LogP contribution in [-0.2, 0) is 23.0 Å². The van der Waals surface area contributed by atoms with Crippen LogP contribution >= 0.6 is 11.6 Å². The maximum Gasteiger partial charge on any atom is 0.263 e. The quantitative estimate of drug-likeness (QED) is 0.558. The Morgan fingerprint density at radius 3 is 2.32 bits per heavy atom. The summed E-state index contributed by atoms with van der Waals surface area (Å²) in [6, 6.07) is 16.2. The highest BCUT2D eigenvalue weighted by Gasteiger charge is 2.16. The van der Waals surface area contributed by atoms with Gasteiger partial charge in [0, 0.05) is 16.8 Å². The number of unbranched alkanes of at least 4 members (excludes halogenated alkanes) is 1. The molecule has 0 aliphatic carbocycles. The van der Waals surface area contributed by atoms with Crippen LogP contribution in [0.3, 0.4) is 0 Å². The molecule has 0 aliphatic heterocycles. The van der Waals surface area contributed by atoms with Crippen LogP contribution in [0.4, 0.5) is 5.82 Å². The van der Waals surface area contributed by atoms with E-state index in [0.717, 1.165) is 36.1 Å². The Hall–Kier alpha value is -2.31. The number of rotatable bonds is 8. The van der Waals surface area contributed by atoms with E-state index in [1.807, 2.05) is 43.3 Å². The molecule has 5 nitrogen and oxygen atoms in total. The first-order valence-corrected chi connectivity index (χ1v) is 11.1. The number of nitrogens with zero attached hydrogens (tertiary/aromatic N) is 2. The van der Waals surface area contributed by atoms with Crippen molar-refractivity contribution in [1.29, 1.82) is 0 Å². The average Bonchev–Trinajstić information content (AvgIpc) is 3.00. The van der Waals surface area contributed by atoms with Crippen LogP contribution in [-0.4, -0.2) is 18.2 Å². The molecule has 0 fully saturated rings. The minimum absolute atomic E-state index is 0.234. The molecule has 0 amide bonds. The molecule has 2 aromatic carbocycles. The lowest BCUT2D eigenvalue weighted by atomic mass is 10.1. The van der Waals surface area contributed by atoms with Crippen molar-refractivity contribution in [2.45, 2.75) is 44.6 Å². The van der Waals surface area contributed by atoms with E-state index in [-0.39, 0.29) is 4.90 Å². The summed E-state index contributed by atoms with van der Waals surface area (Å²) in [5.41, 5.74) is 3.04. The number of aromatic nitrogens is 2. The molecule has 7 heteroatoms. The largest absolute Gasteiger partial charge is 0.263 e. The fraction of sp³-hybridized carbons (Fsp3) is 0.286. The molecule has 28 heavy (non-hydrogen) atoms.